The Morgan fingerprint density at radius 1 is 0.660 bits per heavy atom. The number of aromatic nitrogens is 3. The lowest BCUT2D eigenvalue weighted by Crippen LogP contribution is -2.40. The Labute approximate surface area is 322 Å². The van der Waals surface area contributed by atoms with Crippen molar-refractivity contribution in [2.75, 3.05) is 26.2 Å². The molecule has 0 radical (unpaired) electrons. The third-order valence-corrected chi connectivity index (χ3v) is 11.8. The van der Waals surface area contributed by atoms with Crippen molar-refractivity contribution < 1.29 is 4.79 Å². The third-order valence-electron chi connectivity index (χ3n) is 11.3. The molecule has 2 aromatic carbocycles. The molecule has 2 aliphatic heterocycles. The summed E-state index contributed by atoms with van der Waals surface area (Å²) in [4.78, 5) is 28.5. The molecule has 6 nitrogen and oxygen atoms in total. The van der Waals surface area contributed by atoms with E-state index in [1.54, 1.807) is 12.4 Å². The minimum absolute atomic E-state index is 0.180. The van der Waals surface area contributed by atoms with Crippen LogP contribution in [0.25, 0.3) is 24.3 Å². The standard InChI is InChI=1S/C26H24ClN3O.C19H19ClN2/c27-22-7-8-23-21(16-22)6-5-20-4-2-12-29-26(20)25(23)19-9-13-30(14-10-19)24(31)15-18-3-1-11-28-17-18;20-16-5-6-17-15(12-16)4-3-14-2-1-9-22-19(14)18(17)13-7-10-21-11-8-13/h1-8,11-12,16-17,19,25H,9-10,13-15H2;1-6,9,12-13,18,21H,7-8,10-11H2. The van der Waals surface area contributed by atoms with E-state index in [4.69, 9.17) is 33.2 Å². The first-order chi connectivity index (χ1) is 26.0. The molecule has 5 heterocycles. The SMILES string of the molecule is Clc1ccc2c(c1)C=Cc1cccnc1C2C1CCNCC1.O=C(Cc1cccnc1)N1CCC(C2c3ccc(Cl)cc3C=Cc3cccnc32)CC1. The third kappa shape index (κ3) is 7.87. The minimum Gasteiger partial charge on any atom is -0.342 e. The zero-order chi connectivity index (χ0) is 36.1. The summed E-state index contributed by atoms with van der Waals surface area (Å²) in [5.74, 6) is 1.81. The molecular formula is C45H43Cl2N5O. The number of hydrogen-bond donors (Lipinski definition) is 1. The van der Waals surface area contributed by atoms with Crippen molar-refractivity contribution in [2.24, 2.45) is 11.8 Å². The summed E-state index contributed by atoms with van der Waals surface area (Å²) in [7, 11) is 0. The van der Waals surface area contributed by atoms with Gasteiger partial charge in [-0.2, -0.15) is 0 Å². The van der Waals surface area contributed by atoms with Crippen LogP contribution in [-0.4, -0.2) is 51.9 Å². The smallest absolute Gasteiger partial charge is 0.227 e. The highest BCUT2D eigenvalue weighted by Gasteiger charge is 2.34. The average molecular weight is 741 g/mol. The highest BCUT2D eigenvalue weighted by molar-refractivity contribution is 6.31. The number of fused-ring (bicyclic) bond motifs is 4. The zero-order valence-electron chi connectivity index (χ0n) is 29.7. The number of carbonyl (C=O) groups excluding carboxylic acids is 1. The second-order valence-electron chi connectivity index (χ2n) is 14.5. The molecule has 2 fully saturated rings. The van der Waals surface area contributed by atoms with Gasteiger partial charge in [-0.15, -0.1) is 0 Å². The fourth-order valence-electron chi connectivity index (χ4n) is 8.66. The van der Waals surface area contributed by atoms with Gasteiger partial charge in [-0.1, -0.05) is 77.8 Å². The summed E-state index contributed by atoms with van der Waals surface area (Å²) in [6.07, 6.45) is 20.7. The fraction of sp³-hybridized carbons (Fsp3) is 0.289. The van der Waals surface area contributed by atoms with Crippen molar-refractivity contribution in [2.45, 2.75) is 43.9 Å². The van der Waals surface area contributed by atoms with Crippen LogP contribution in [0.1, 0.15) is 87.9 Å². The first-order valence-electron chi connectivity index (χ1n) is 18.7. The maximum absolute atomic E-state index is 12.8. The predicted molar refractivity (Wildman–Crippen MR) is 216 cm³/mol. The van der Waals surface area contributed by atoms with Crippen molar-refractivity contribution in [3.05, 3.63) is 158 Å². The zero-order valence-corrected chi connectivity index (χ0v) is 31.2. The van der Waals surface area contributed by atoms with Crippen LogP contribution in [0.15, 0.2) is 97.6 Å². The predicted octanol–water partition coefficient (Wildman–Crippen LogP) is 9.58. The van der Waals surface area contributed by atoms with Crippen molar-refractivity contribution in [1.82, 2.24) is 25.2 Å². The second kappa shape index (κ2) is 16.2. The molecule has 8 heteroatoms. The number of nitrogens with zero attached hydrogens (tertiary/aromatic N) is 4. The number of piperidine rings is 2. The normalized spacial score (nSPS) is 19.4. The summed E-state index contributed by atoms with van der Waals surface area (Å²) in [5.41, 5.74) is 10.7. The van der Waals surface area contributed by atoms with Gasteiger partial charge in [0.05, 0.1) is 17.8 Å². The van der Waals surface area contributed by atoms with Gasteiger partial charge in [0.25, 0.3) is 0 Å². The number of pyridine rings is 3. The molecule has 53 heavy (non-hydrogen) atoms. The molecule has 0 spiro atoms. The molecule has 5 aromatic rings. The lowest BCUT2D eigenvalue weighted by Gasteiger charge is -2.36. The Hall–Kier alpha value is -4.62. The van der Waals surface area contributed by atoms with Crippen LogP contribution in [0.3, 0.4) is 0 Å². The monoisotopic (exact) mass is 739 g/mol. The summed E-state index contributed by atoms with van der Waals surface area (Å²) in [6.45, 7) is 3.75. The van der Waals surface area contributed by atoms with Crippen molar-refractivity contribution in [1.29, 1.82) is 0 Å². The van der Waals surface area contributed by atoms with Gasteiger partial charge in [0.2, 0.25) is 5.91 Å². The van der Waals surface area contributed by atoms with Gasteiger partial charge in [0.1, 0.15) is 0 Å². The Balaban J connectivity index is 0.000000160. The van der Waals surface area contributed by atoms with Gasteiger partial charge in [0, 0.05) is 59.8 Å². The van der Waals surface area contributed by atoms with E-state index in [1.165, 1.54) is 40.8 Å². The number of likely N-dealkylation sites (tertiary alicyclic amines) is 1. The Bertz CT molecular complexity index is 2140. The molecule has 1 N–H and O–H groups in total. The first-order valence-corrected chi connectivity index (χ1v) is 19.5. The summed E-state index contributed by atoms with van der Waals surface area (Å²) in [6, 6.07) is 24.6. The summed E-state index contributed by atoms with van der Waals surface area (Å²) < 4.78 is 0. The minimum atomic E-state index is 0.180. The lowest BCUT2D eigenvalue weighted by molar-refractivity contribution is -0.131. The van der Waals surface area contributed by atoms with Gasteiger partial charge in [-0.25, -0.2) is 0 Å². The largest absolute Gasteiger partial charge is 0.342 e. The van der Waals surface area contributed by atoms with Crippen LogP contribution in [0, 0.1) is 11.8 Å². The summed E-state index contributed by atoms with van der Waals surface area (Å²) >= 11 is 12.5. The van der Waals surface area contributed by atoms with Crippen LogP contribution >= 0.6 is 23.2 Å². The Kier molecular flexibility index (Phi) is 10.8. The number of carbonyl (C=O) groups is 1. The molecule has 3 aromatic heterocycles. The highest BCUT2D eigenvalue weighted by Crippen LogP contribution is 2.44. The van der Waals surface area contributed by atoms with Crippen molar-refractivity contribution in [3.8, 4) is 0 Å². The molecule has 0 bridgehead atoms. The van der Waals surface area contributed by atoms with Crippen LogP contribution in [0.4, 0.5) is 0 Å². The van der Waals surface area contributed by atoms with E-state index in [2.05, 4.69) is 64.9 Å². The molecule has 268 valence electrons. The number of hydrogen-bond acceptors (Lipinski definition) is 5. The van der Waals surface area contributed by atoms with Gasteiger partial charge < -0.3 is 10.2 Å². The average Bonchev–Trinajstić information content (AvgIpc) is 3.46. The fourth-order valence-corrected chi connectivity index (χ4v) is 9.03. The molecule has 2 atom stereocenters. The summed E-state index contributed by atoms with van der Waals surface area (Å²) in [5, 5.41) is 5.01. The van der Waals surface area contributed by atoms with Crippen molar-refractivity contribution in [3.63, 3.8) is 0 Å². The Morgan fingerprint density at radius 2 is 1.19 bits per heavy atom. The number of halogens is 2. The maximum Gasteiger partial charge on any atom is 0.227 e. The van der Waals surface area contributed by atoms with E-state index in [0.717, 1.165) is 71.5 Å². The molecule has 1 amide bonds. The number of amides is 1. The van der Waals surface area contributed by atoms with E-state index in [0.29, 0.717) is 24.2 Å². The van der Waals surface area contributed by atoms with E-state index in [-0.39, 0.29) is 11.8 Å². The van der Waals surface area contributed by atoms with Gasteiger partial charge >= 0.3 is 0 Å². The topological polar surface area (TPSA) is 71.0 Å². The number of nitrogens with one attached hydrogen (secondary N) is 1. The first kappa shape index (κ1) is 35.4. The number of rotatable bonds is 4. The van der Waals surface area contributed by atoms with Crippen molar-refractivity contribution >= 4 is 53.4 Å². The van der Waals surface area contributed by atoms with Crippen LogP contribution in [-0.2, 0) is 11.2 Å². The number of benzene rings is 2. The highest BCUT2D eigenvalue weighted by atomic mass is 35.5. The van der Waals surface area contributed by atoms with E-state index in [9.17, 15) is 4.79 Å². The molecule has 0 saturated carbocycles. The van der Waals surface area contributed by atoms with Gasteiger partial charge in [-0.05, 0) is 132 Å². The van der Waals surface area contributed by atoms with E-state index < -0.39 is 0 Å². The molecule has 2 unspecified atom stereocenters. The van der Waals surface area contributed by atoms with Crippen LogP contribution in [0.5, 0.6) is 0 Å². The van der Waals surface area contributed by atoms with Gasteiger partial charge in [0.15, 0.2) is 0 Å². The maximum atomic E-state index is 12.8. The molecule has 2 saturated heterocycles. The van der Waals surface area contributed by atoms with Crippen LogP contribution < -0.4 is 5.32 Å². The molecule has 4 aliphatic rings. The van der Waals surface area contributed by atoms with E-state index in [1.807, 2.05) is 59.8 Å². The molecule has 9 rings (SSSR count). The molecular weight excluding hydrogens is 697 g/mol. The van der Waals surface area contributed by atoms with Gasteiger partial charge in [-0.3, -0.25) is 19.7 Å². The lowest BCUT2D eigenvalue weighted by atomic mass is 9.76. The van der Waals surface area contributed by atoms with E-state index >= 15 is 0 Å². The quantitative estimate of drug-likeness (QED) is 0.199. The second-order valence-corrected chi connectivity index (χ2v) is 15.3. The van der Waals surface area contributed by atoms with Crippen LogP contribution in [0.2, 0.25) is 10.0 Å². The molecule has 2 aliphatic carbocycles. The Morgan fingerprint density at radius 3 is 1.74 bits per heavy atom.